The number of ketones is 1. The van der Waals surface area contributed by atoms with Crippen LogP contribution < -0.4 is 14.8 Å². The second-order valence-electron chi connectivity index (χ2n) is 5.69. The van der Waals surface area contributed by atoms with Gasteiger partial charge < -0.3 is 14.8 Å². The molecule has 1 heterocycles. The summed E-state index contributed by atoms with van der Waals surface area (Å²) in [5, 5.41) is 3.11. The van der Waals surface area contributed by atoms with Gasteiger partial charge in [0.25, 0.3) is 0 Å². The Labute approximate surface area is 135 Å². The van der Waals surface area contributed by atoms with Crippen LogP contribution in [-0.2, 0) is 0 Å². The Bertz CT molecular complexity index is 733. The van der Waals surface area contributed by atoms with Gasteiger partial charge >= 0.3 is 0 Å². The molecule has 0 amide bonds. The third-order valence-electron chi connectivity index (χ3n) is 3.72. The van der Waals surface area contributed by atoms with Gasteiger partial charge in [-0.15, -0.1) is 0 Å². The van der Waals surface area contributed by atoms with Crippen LogP contribution in [0.3, 0.4) is 0 Å². The normalized spacial score (nSPS) is 12.8. The lowest BCUT2D eigenvalue weighted by Crippen LogP contribution is -1.97. The molecule has 2 aromatic rings. The highest BCUT2D eigenvalue weighted by molar-refractivity contribution is 6.05. The molecule has 0 radical (unpaired) electrons. The summed E-state index contributed by atoms with van der Waals surface area (Å²) in [5.74, 6) is 1.71. The quantitative estimate of drug-likeness (QED) is 0.659. The topological polar surface area (TPSA) is 47.6 Å². The van der Waals surface area contributed by atoms with E-state index < -0.39 is 0 Å². The Hall–Kier alpha value is -2.75. The molecule has 1 N–H and O–H groups in total. The lowest BCUT2D eigenvalue weighted by molar-refractivity contribution is 0.104. The van der Waals surface area contributed by atoms with Crippen LogP contribution in [-0.4, -0.2) is 12.6 Å². The van der Waals surface area contributed by atoms with Gasteiger partial charge in [-0.1, -0.05) is 26.0 Å². The van der Waals surface area contributed by atoms with Crippen molar-refractivity contribution in [3.8, 4) is 11.5 Å². The van der Waals surface area contributed by atoms with Crippen LogP contribution in [0.5, 0.6) is 11.5 Å². The number of carbonyl (C=O) groups excluding carboxylic acids is 1. The minimum absolute atomic E-state index is 0.0883. The van der Waals surface area contributed by atoms with Gasteiger partial charge in [-0.25, -0.2) is 0 Å². The molecule has 0 atom stereocenters. The number of carbonyl (C=O) groups is 1. The summed E-state index contributed by atoms with van der Waals surface area (Å²) in [6, 6.07) is 13.4. The predicted octanol–water partition coefficient (Wildman–Crippen LogP) is 4.35. The van der Waals surface area contributed by atoms with Gasteiger partial charge in [0.05, 0.1) is 0 Å². The van der Waals surface area contributed by atoms with E-state index in [0.717, 1.165) is 5.69 Å². The zero-order valence-electron chi connectivity index (χ0n) is 13.2. The maximum Gasteiger partial charge on any atom is 0.231 e. The van der Waals surface area contributed by atoms with E-state index in [1.807, 2.05) is 12.1 Å². The van der Waals surface area contributed by atoms with Crippen molar-refractivity contribution in [3.63, 3.8) is 0 Å². The maximum atomic E-state index is 12.2. The minimum atomic E-state index is -0.0883. The standard InChI is InChI=1S/C19H19NO3/c1-13(2)14-3-6-16(7-4-14)20-10-9-17(21)15-5-8-18-19(11-15)23-12-22-18/h3-11,13,20H,12H2,1-2H3/b10-9+. The van der Waals surface area contributed by atoms with Crippen molar-refractivity contribution >= 4 is 11.5 Å². The molecule has 0 aromatic heterocycles. The van der Waals surface area contributed by atoms with Crippen LogP contribution in [0.15, 0.2) is 54.7 Å². The fraction of sp³-hybridized carbons (Fsp3) is 0.211. The van der Waals surface area contributed by atoms with E-state index in [1.54, 1.807) is 24.4 Å². The number of ether oxygens (including phenoxy) is 2. The van der Waals surface area contributed by atoms with Gasteiger partial charge in [0, 0.05) is 23.5 Å². The second-order valence-corrected chi connectivity index (χ2v) is 5.69. The predicted molar refractivity (Wildman–Crippen MR) is 90.2 cm³/mol. The summed E-state index contributed by atoms with van der Waals surface area (Å²) < 4.78 is 10.5. The first-order chi connectivity index (χ1) is 11.1. The molecule has 3 rings (SSSR count). The Morgan fingerprint density at radius 1 is 1.09 bits per heavy atom. The number of hydrogen-bond donors (Lipinski definition) is 1. The number of allylic oxidation sites excluding steroid dienone is 1. The van der Waals surface area contributed by atoms with Crippen LogP contribution in [0.1, 0.15) is 35.7 Å². The summed E-state index contributed by atoms with van der Waals surface area (Å²) in [6.07, 6.45) is 3.16. The molecular weight excluding hydrogens is 290 g/mol. The number of anilines is 1. The highest BCUT2D eigenvalue weighted by Gasteiger charge is 2.14. The molecule has 0 unspecified atom stereocenters. The van der Waals surface area contributed by atoms with Crippen molar-refractivity contribution in [1.29, 1.82) is 0 Å². The molecule has 1 aliphatic heterocycles. The van der Waals surface area contributed by atoms with Crippen LogP contribution >= 0.6 is 0 Å². The monoisotopic (exact) mass is 309 g/mol. The first kappa shape index (κ1) is 15.2. The lowest BCUT2D eigenvalue weighted by Gasteiger charge is -2.06. The Morgan fingerprint density at radius 3 is 2.57 bits per heavy atom. The number of nitrogens with one attached hydrogen (secondary N) is 1. The Balaban J connectivity index is 1.62. The van der Waals surface area contributed by atoms with Crippen LogP contribution in [0, 0.1) is 0 Å². The Kier molecular flexibility index (Phi) is 4.33. The van der Waals surface area contributed by atoms with E-state index in [4.69, 9.17) is 9.47 Å². The first-order valence-corrected chi connectivity index (χ1v) is 7.60. The van der Waals surface area contributed by atoms with Crippen molar-refractivity contribution in [3.05, 3.63) is 65.9 Å². The van der Waals surface area contributed by atoms with E-state index in [2.05, 4.69) is 31.3 Å². The van der Waals surface area contributed by atoms with Crippen molar-refractivity contribution in [2.75, 3.05) is 12.1 Å². The Morgan fingerprint density at radius 2 is 1.83 bits per heavy atom. The van der Waals surface area contributed by atoms with Gasteiger partial charge in [-0.05, 0) is 41.8 Å². The SMILES string of the molecule is CC(C)c1ccc(N/C=C/C(=O)c2ccc3c(c2)OCO3)cc1. The summed E-state index contributed by atoms with van der Waals surface area (Å²) >= 11 is 0. The molecule has 23 heavy (non-hydrogen) atoms. The summed E-state index contributed by atoms with van der Waals surface area (Å²) in [6.45, 7) is 4.52. The van der Waals surface area contributed by atoms with Gasteiger partial charge in [0.1, 0.15) is 0 Å². The van der Waals surface area contributed by atoms with Crippen LogP contribution in [0.25, 0.3) is 0 Å². The molecular formula is C19H19NO3. The third kappa shape index (κ3) is 3.54. The zero-order chi connectivity index (χ0) is 16.2. The zero-order valence-corrected chi connectivity index (χ0v) is 13.2. The molecule has 2 aromatic carbocycles. The smallest absolute Gasteiger partial charge is 0.231 e. The van der Waals surface area contributed by atoms with Crippen molar-refractivity contribution < 1.29 is 14.3 Å². The third-order valence-corrected chi connectivity index (χ3v) is 3.72. The van der Waals surface area contributed by atoms with E-state index >= 15 is 0 Å². The minimum Gasteiger partial charge on any atom is -0.454 e. The molecule has 0 bridgehead atoms. The van der Waals surface area contributed by atoms with Crippen molar-refractivity contribution in [2.45, 2.75) is 19.8 Å². The highest BCUT2D eigenvalue weighted by atomic mass is 16.7. The number of hydrogen-bond acceptors (Lipinski definition) is 4. The van der Waals surface area contributed by atoms with Gasteiger partial charge in [0.15, 0.2) is 17.3 Å². The number of benzene rings is 2. The average Bonchev–Trinajstić information content (AvgIpc) is 3.02. The van der Waals surface area contributed by atoms with E-state index in [1.165, 1.54) is 11.6 Å². The molecule has 1 aliphatic rings. The molecule has 0 spiro atoms. The number of fused-ring (bicyclic) bond motifs is 1. The van der Waals surface area contributed by atoms with E-state index in [9.17, 15) is 4.79 Å². The van der Waals surface area contributed by atoms with Crippen molar-refractivity contribution in [2.24, 2.45) is 0 Å². The average molecular weight is 309 g/mol. The molecule has 4 nitrogen and oxygen atoms in total. The highest BCUT2D eigenvalue weighted by Crippen LogP contribution is 2.32. The van der Waals surface area contributed by atoms with Crippen LogP contribution in [0.4, 0.5) is 5.69 Å². The van der Waals surface area contributed by atoms with Crippen LogP contribution in [0.2, 0.25) is 0 Å². The first-order valence-electron chi connectivity index (χ1n) is 7.60. The second kappa shape index (κ2) is 6.57. The van der Waals surface area contributed by atoms with E-state index in [-0.39, 0.29) is 12.6 Å². The summed E-state index contributed by atoms with van der Waals surface area (Å²) in [7, 11) is 0. The summed E-state index contributed by atoms with van der Waals surface area (Å²) in [5.41, 5.74) is 2.81. The molecule has 118 valence electrons. The largest absolute Gasteiger partial charge is 0.454 e. The molecule has 4 heteroatoms. The fourth-order valence-electron chi connectivity index (χ4n) is 2.32. The maximum absolute atomic E-state index is 12.2. The fourth-order valence-corrected chi connectivity index (χ4v) is 2.32. The van der Waals surface area contributed by atoms with Crippen molar-refractivity contribution in [1.82, 2.24) is 0 Å². The van der Waals surface area contributed by atoms with E-state index in [0.29, 0.717) is 23.0 Å². The number of rotatable bonds is 5. The van der Waals surface area contributed by atoms with Gasteiger partial charge in [-0.3, -0.25) is 4.79 Å². The molecule has 0 fully saturated rings. The molecule has 0 saturated heterocycles. The summed E-state index contributed by atoms with van der Waals surface area (Å²) in [4.78, 5) is 12.2. The van der Waals surface area contributed by atoms with Gasteiger partial charge in [-0.2, -0.15) is 0 Å². The molecule has 0 saturated carbocycles. The van der Waals surface area contributed by atoms with Gasteiger partial charge in [0.2, 0.25) is 6.79 Å². The lowest BCUT2D eigenvalue weighted by atomic mass is 10.0. The molecule has 0 aliphatic carbocycles.